The Morgan fingerprint density at radius 2 is 2.25 bits per heavy atom. The number of hydrogen-bond donors (Lipinski definition) is 0. The fourth-order valence-electron chi connectivity index (χ4n) is 1.29. The minimum absolute atomic E-state index is 0.354. The Balaban J connectivity index is 2.70. The lowest BCUT2D eigenvalue weighted by Gasteiger charge is -2.18. The first-order valence-corrected chi connectivity index (χ1v) is 8.43. The normalized spacial score (nSPS) is 10.9. The Morgan fingerprint density at radius 1 is 1.56 bits per heavy atom. The Labute approximate surface area is 96.8 Å². The van der Waals surface area contributed by atoms with E-state index in [1.165, 1.54) is 0 Å². The third-order valence-corrected chi connectivity index (χ3v) is 4.83. The average molecular weight is 236 g/mol. The van der Waals surface area contributed by atoms with Gasteiger partial charge in [-0.3, -0.25) is 0 Å². The summed E-state index contributed by atoms with van der Waals surface area (Å²) in [4.78, 5) is 10.9. The summed E-state index contributed by atoms with van der Waals surface area (Å²) < 4.78 is 10.7. The molecule has 0 aliphatic rings. The first-order chi connectivity index (χ1) is 7.49. The molecule has 0 N–H and O–H groups in total. The smallest absolute Gasteiger partial charge is 0.383 e. The molecule has 0 saturated carbocycles. The summed E-state index contributed by atoms with van der Waals surface area (Å²) in [5, 5.41) is 0.939. The molecule has 0 saturated heterocycles. The number of furan rings is 1. The van der Waals surface area contributed by atoms with Gasteiger partial charge in [0, 0.05) is 12.3 Å². The van der Waals surface area contributed by atoms with Gasteiger partial charge in [0.2, 0.25) is 0 Å². The lowest BCUT2D eigenvalue weighted by atomic mass is 10.4. The molecule has 4 heteroatoms. The van der Waals surface area contributed by atoms with Crippen molar-refractivity contribution in [2.24, 2.45) is 0 Å². The van der Waals surface area contributed by atoms with E-state index in [0.29, 0.717) is 6.23 Å². The van der Waals surface area contributed by atoms with Crippen LogP contribution in [0.5, 0.6) is 0 Å². The van der Waals surface area contributed by atoms with Crippen LogP contribution in [0, 0.1) is 12.3 Å². The molecule has 0 fully saturated rings. The SMILES string of the molecule is C#CC(=O)OC[Si](C)(C)c1ccc(CC)o1. The van der Waals surface area contributed by atoms with Crippen molar-refractivity contribution in [1.82, 2.24) is 0 Å². The van der Waals surface area contributed by atoms with Gasteiger partial charge >= 0.3 is 5.97 Å². The highest BCUT2D eigenvalue weighted by molar-refractivity contribution is 6.88. The molecule has 1 rings (SSSR count). The molecular weight excluding hydrogens is 220 g/mol. The van der Waals surface area contributed by atoms with Gasteiger partial charge in [-0.15, -0.1) is 6.42 Å². The number of esters is 1. The van der Waals surface area contributed by atoms with Crippen molar-refractivity contribution < 1.29 is 13.9 Å². The van der Waals surface area contributed by atoms with Crippen LogP contribution in [0.25, 0.3) is 0 Å². The van der Waals surface area contributed by atoms with Crippen LogP contribution < -0.4 is 5.38 Å². The van der Waals surface area contributed by atoms with Crippen molar-refractivity contribution in [3.05, 3.63) is 17.9 Å². The fourth-order valence-corrected chi connectivity index (χ4v) is 2.87. The molecule has 1 aromatic rings. The van der Waals surface area contributed by atoms with E-state index in [-0.39, 0.29) is 0 Å². The second-order valence-electron chi connectivity index (χ2n) is 4.22. The van der Waals surface area contributed by atoms with E-state index in [2.05, 4.69) is 13.1 Å². The van der Waals surface area contributed by atoms with E-state index >= 15 is 0 Å². The van der Waals surface area contributed by atoms with Crippen molar-refractivity contribution >= 4 is 19.4 Å². The summed E-state index contributed by atoms with van der Waals surface area (Å²) in [5.41, 5.74) is 0. The first kappa shape index (κ1) is 12.6. The van der Waals surface area contributed by atoms with Crippen molar-refractivity contribution in [1.29, 1.82) is 0 Å². The van der Waals surface area contributed by atoms with Gasteiger partial charge in [-0.1, -0.05) is 20.0 Å². The molecule has 0 unspecified atom stereocenters. The molecule has 3 nitrogen and oxygen atoms in total. The molecule has 0 bridgehead atoms. The van der Waals surface area contributed by atoms with Crippen LogP contribution in [0.2, 0.25) is 13.1 Å². The van der Waals surface area contributed by atoms with Gasteiger partial charge in [0.25, 0.3) is 0 Å². The molecule has 0 spiro atoms. The molecule has 1 heterocycles. The summed E-state index contributed by atoms with van der Waals surface area (Å²) in [6, 6.07) is 3.93. The van der Waals surface area contributed by atoms with E-state index in [1.54, 1.807) is 0 Å². The van der Waals surface area contributed by atoms with Gasteiger partial charge in [0.05, 0.1) is 11.6 Å². The van der Waals surface area contributed by atoms with Gasteiger partial charge < -0.3 is 9.15 Å². The standard InChI is InChI=1S/C12H16O3Si/c1-5-10-7-8-12(15-10)16(3,4)9-14-11(13)6-2/h2,7-8H,5,9H2,1,3-4H3. The molecule has 0 radical (unpaired) electrons. The molecule has 0 atom stereocenters. The summed E-state index contributed by atoms with van der Waals surface area (Å²) in [5.74, 6) is 2.28. The molecule has 16 heavy (non-hydrogen) atoms. The van der Waals surface area contributed by atoms with E-state index in [4.69, 9.17) is 15.6 Å². The zero-order chi connectivity index (χ0) is 12.2. The second kappa shape index (κ2) is 5.04. The van der Waals surface area contributed by atoms with Gasteiger partial charge in [0.15, 0.2) is 8.07 Å². The first-order valence-electron chi connectivity index (χ1n) is 5.22. The number of hydrogen-bond acceptors (Lipinski definition) is 3. The summed E-state index contributed by atoms with van der Waals surface area (Å²) in [6.45, 7) is 6.19. The van der Waals surface area contributed by atoms with Crippen LogP contribution in [0.4, 0.5) is 0 Å². The number of carbonyl (C=O) groups is 1. The molecular formula is C12H16O3Si. The van der Waals surface area contributed by atoms with E-state index in [9.17, 15) is 4.79 Å². The largest absolute Gasteiger partial charge is 0.471 e. The quantitative estimate of drug-likeness (QED) is 0.344. The second-order valence-corrected chi connectivity index (χ2v) is 8.77. The van der Waals surface area contributed by atoms with Gasteiger partial charge in [-0.25, -0.2) is 4.79 Å². The number of carbonyl (C=O) groups excluding carboxylic acids is 1. The fraction of sp³-hybridized carbons (Fsp3) is 0.417. The van der Waals surface area contributed by atoms with Gasteiger partial charge in [0.1, 0.15) is 5.76 Å². The highest BCUT2D eigenvalue weighted by Gasteiger charge is 2.29. The van der Waals surface area contributed by atoms with Gasteiger partial charge in [-0.05, 0) is 12.1 Å². The minimum atomic E-state index is -1.86. The number of terminal acetylenes is 1. The molecule has 0 aliphatic carbocycles. The molecule has 86 valence electrons. The monoisotopic (exact) mass is 236 g/mol. The number of aryl methyl sites for hydroxylation is 1. The molecule has 0 aromatic carbocycles. The van der Waals surface area contributed by atoms with Crippen LogP contribution in [0.3, 0.4) is 0 Å². The lowest BCUT2D eigenvalue weighted by Crippen LogP contribution is -2.46. The van der Waals surface area contributed by atoms with E-state index < -0.39 is 14.0 Å². The highest BCUT2D eigenvalue weighted by Crippen LogP contribution is 2.08. The van der Waals surface area contributed by atoms with Crippen molar-refractivity contribution in [2.75, 3.05) is 6.23 Å². The van der Waals surface area contributed by atoms with Crippen LogP contribution in [0.1, 0.15) is 12.7 Å². The molecule has 0 amide bonds. The lowest BCUT2D eigenvalue weighted by molar-refractivity contribution is -0.134. The Morgan fingerprint density at radius 3 is 2.75 bits per heavy atom. The van der Waals surface area contributed by atoms with Crippen molar-refractivity contribution in [3.8, 4) is 12.3 Å². The third kappa shape index (κ3) is 3.01. The Kier molecular flexibility index (Phi) is 3.97. The van der Waals surface area contributed by atoms with Crippen LogP contribution >= 0.6 is 0 Å². The van der Waals surface area contributed by atoms with E-state index in [1.807, 2.05) is 25.0 Å². The average Bonchev–Trinajstić information content (AvgIpc) is 2.75. The summed E-state index contributed by atoms with van der Waals surface area (Å²) in [7, 11) is -1.86. The summed E-state index contributed by atoms with van der Waals surface area (Å²) >= 11 is 0. The predicted octanol–water partition coefficient (Wildman–Crippen LogP) is 1.47. The van der Waals surface area contributed by atoms with E-state index in [0.717, 1.165) is 17.6 Å². The third-order valence-electron chi connectivity index (χ3n) is 2.36. The van der Waals surface area contributed by atoms with Crippen LogP contribution in [-0.2, 0) is 16.0 Å². The molecule has 0 aliphatic heterocycles. The molecule has 1 aromatic heterocycles. The number of ether oxygens (including phenoxy) is 1. The predicted molar refractivity (Wildman–Crippen MR) is 65.0 cm³/mol. The van der Waals surface area contributed by atoms with Crippen molar-refractivity contribution in [3.63, 3.8) is 0 Å². The summed E-state index contributed by atoms with van der Waals surface area (Å²) in [6.07, 6.45) is 6.16. The number of rotatable bonds is 4. The van der Waals surface area contributed by atoms with Crippen LogP contribution in [0.15, 0.2) is 16.5 Å². The zero-order valence-corrected chi connectivity index (χ0v) is 10.9. The van der Waals surface area contributed by atoms with Crippen molar-refractivity contribution in [2.45, 2.75) is 26.4 Å². The highest BCUT2D eigenvalue weighted by atomic mass is 28.3. The minimum Gasteiger partial charge on any atom is -0.471 e. The van der Waals surface area contributed by atoms with Crippen LogP contribution in [-0.4, -0.2) is 20.3 Å². The maximum Gasteiger partial charge on any atom is 0.383 e. The maximum absolute atomic E-state index is 10.9. The Bertz CT molecular complexity index is 412. The zero-order valence-electron chi connectivity index (χ0n) is 9.87. The Hall–Kier alpha value is -1.47. The maximum atomic E-state index is 10.9. The topological polar surface area (TPSA) is 39.4 Å². The van der Waals surface area contributed by atoms with Gasteiger partial charge in [-0.2, -0.15) is 0 Å².